The average molecular weight is 386 g/mol. The van der Waals surface area contributed by atoms with Gasteiger partial charge >= 0.3 is 6.18 Å². The first kappa shape index (κ1) is 18.2. The van der Waals surface area contributed by atoms with Gasteiger partial charge in [0.25, 0.3) is 5.91 Å². The van der Waals surface area contributed by atoms with Crippen molar-refractivity contribution < 1.29 is 18.0 Å². The Hall–Kier alpha value is -3.16. The van der Waals surface area contributed by atoms with E-state index in [-0.39, 0.29) is 17.4 Å². The lowest BCUT2D eigenvalue weighted by atomic mass is 10.1. The normalized spacial score (nSPS) is 16.1. The van der Waals surface area contributed by atoms with Gasteiger partial charge in [-0.2, -0.15) is 13.2 Å². The molecular formula is C20H17F3N4O. The Balaban J connectivity index is 1.58. The van der Waals surface area contributed by atoms with Gasteiger partial charge in [-0.1, -0.05) is 35.5 Å². The number of aromatic nitrogens is 3. The van der Waals surface area contributed by atoms with Crippen LogP contribution in [0.1, 0.15) is 45.3 Å². The molecule has 5 nitrogen and oxygen atoms in total. The lowest BCUT2D eigenvalue weighted by Gasteiger charge is -2.13. The van der Waals surface area contributed by atoms with E-state index in [1.165, 1.54) is 22.4 Å². The molecule has 0 spiro atoms. The second kappa shape index (κ2) is 6.78. The standard InChI is InChI=1S/C20H17F3N4O/c1-12-18(19(28)24-17-10-9-13-5-2-3-8-16(13)17)25-26-27(12)15-7-4-6-14(11-15)20(21,22)23/h2-8,11,17H,9-10H2,1H3,(H,24,28). The maximum Gasteiger partial charge on any atom is 0.416 e. The number of halogens is 3. The fourth-order valence-corrected chi connectivity index (χ4v) is 3.53. The van der Waals surface area contributed by atoms with Gasteiger partial charge in [-0.25, -0.2) is 4.68 Å². The Kier molecular flexibility index (Phi) is 4.41. The van der Waals surface area contributed by atoms with Crippen LogP contribution >= 0.6 is 0 Å². The molecule has 4 rings (SSSR count). The minimum Gasteiger partial charge on any atom is -0.344 e. The van der Waals surface area contributed by atoms with Crippen LogP contribution in [-0.2, 0) is 12.6 Å². The van der Waals surface area contributed by atoms with E-state index in [0.717, 1.165) is 30.5 Å². The third-order valence-electron chi connectivity index (χ3n) is 4.97. The largest absolute Gasteiger partial charge is 0.416 e. The molecule has 1 heterocycles. The van der Waals surface area contributed by atoms with Crippen LogP contribution in [0, 0.1) is 6.92 Å². The van der Waals surface area contributed by atoms with Crippen molar-refractivity contribution in [3.8, 4) is 5.69 Å². The number of carbonyl (C=O) groups is 1. The van der Waals surface area contributed by atoms with E-state index < -0.39 is 17.6 Å². The van der Waals surface area contributed by atoms with Gasteiger partial charge < -0.3 is 5.32 Å². The minimum atomic E-state index is -4.46. The van der Waals surface area contributed by atoms with E-state index in [2.05, 4.69) is 15.6 Å². The Labute approximate surface area is 159 Å². The highest BCUT2D eigenvalue weighted by Crippen LogP contribution is 2.32. The molecule has 1 unspecified atom stereocenters. The quantitative estimate of drug-likeness (QED) is 0.740. The molecule has 144 valence electrons. The van der Waals surface area contributed by atoms with E-state index in [0.29, 0.717) is 5.69 Å². The van der Waals surface area contributed by atoms with Gasteiger partial charge in [-0.05, 0) is 49.1 Å². The van der Waals surface area contributed by atoms with Gasteiger partial charge in [0, 0.05) is 0 Å². The lowest BCUT2D eigenvalue weighted by molar-refractivity contribution is -0.137. The minimum absolute atomic E-state index is 0.0989. The molecular weight excluding hydrogens is 369 g/mol. The summed E-state index contributed by atoms with van der Waals surface area (Å²) >= 11 is 0. The highest BCUT2D eigenvalue weighted by atomic mass is 19.4. The molecule has 0 fully saturated rings. The van der Waals surface area contributed by atoms with Crippen molar-refractivity contribution >= 4 is 5.91 Å². The van der Waals surface area contributed by atoms with Gasteiger partial charge in [0.15, 0.2) is 5.69 Å². The first-order chi connectivity index (χ1) is 13.3. The zero-order valence-corrected chi connectivity index (χ0v) is 15.0. The molecule has 0 saturated carbocycles. The zero-order chi connectivity index (χ0) is 19.9. The number of alkyl halides is 3. The molecule has 1 atom stereocenters. The Morgan fingerprint density at radius 2 is 1.96 bits per heavy atom. The summed E-state index contributed by atoms with van der Waals surface area (Å²) in [4.78, 5) is 12.7. The highest BCUT2D eigenvalue weighted by Gasteiger charge is 2.31. The molecule has 1 N–H and O–H groups in total. The molecule has 0 saturated heterocycles. The fourth-order valence-electron chi connectivity index (χ4n) is 3.53. The van der Waals surface area contributed by atoms with Crippen molar-refractivity contribution in [3.05, 3.63) is 76.6 Å². The Bertz CT molecular complexity index is 1040. The monoisotopic (exact) mass is 386 g/mol. The van der Waals surface area contributed by atoms with E-state index in [9.17, 15) is 18.0 Å². The van der Waals surface area contributed by atoms with Crippen LogP contribution in [0.4, 0.5) is 13.2 Å². The topological polar surface area (TPSA) is 59.8 Å². The van der Waals surface area contributed by atoms with Gasteiger partial charge in [0.2, 0.25) is 0 Å². The summed E-state index contributed by atoms with van der Waals surface area (Å²) in [5, 5.41) is 10.7. The number of nitrogens with zero attached hydrogens (tertiary/aromatic N) is 3. The lowest BCUT2D eigenvalue weighted by Crippen LogP contribution is -2.28. The number of rotatable bonds is 3. The van der Waals surface area contributed by atoms with E-state index in [1.54, 1.807) is 6.92 Å². The first-order valence-corrected chi connectivity index (χ1v) is 8.83. The van der Waals surface area contributed by atoms with Crippen molar-refractivity contribution in [2.75, 3.05) is 0 Å². The number of benzene rings is 2. The molecule has 1 amide bonds. The van der Waals surface area contributed by atoms with Gasteiger partial charge in [0.05, 0.1) is 23.0 Å². The van der Waals surface area contributed by atoms with Gasteiger partial charge in [-0.15, -0.1) is 5.10 Å². The van der Waals surface area contributed by atoms with Crippen LogP contribution in [0.25, 0.3) is 5.69 Å². The number of hydrogen-bond acceptors (Lipinski definition) is 3. The Morgan fingerprint density at radius 3 is 2.75 bits per heavy atom. The number of amides is 1. The summed E-state index contributed by atoms with van der Waals surface area (Å²) in [5.41, 5.74) is 2.18. The molecule has 0 aliphatic heterocycles. The number of nitrogens with one attached hydrogen (secondary N) is 1. The van der Waals surface area contributed by atoms with Crippen molar-refractivity contribution in [2.45, 2.75) is 32.0 Å². The predicted octanol–water partition coefficient (Wildman–Crippen LogP) is 4.01. The molecule has 0 bridgehead atoms. The zero-order valence-electron chi connectivity index (χ0n) is 15.0. The molecule has 3 aromatic rings. The van der Waals surface area contributed by atoms with Crippen molar-refractivity contribution in [1.29, 1.82) is 0 Å². The van der Waals surface area contributed by atoms with Crippen LogP contribution in [0.2, 0.25) is 0 Å². The van der Waals surface area contributed by atoms with Crippen molar-refractivity contribution in [3.63, 3.8) is 0 Å². The van der Waals surface area contributed by atoms with Crippen LogP contribution in [-0.4, -0.2) is 20.9 Å². The summed E-state index contributed by atoms with van der Waals surface area (Å²) in [5.74, 6) is -0.391. The van der Waals surface area contributed by atoms with Gasteiger partial charge in [-0.3, -0.25) is 4.79 Å². The summed E-state index contributed by atoms with van der Waals surface area (Å²) in [6, 6.07) is 12.6. The number of carbonyl (C=O) groups excluding carboxylic acids is 1. The van der Waals surface area contributed by atoms with E-state index in [4.69, 9.17) is 0 Å². The summed E-state index contributed by atoms with van der Waals surface area (Å²) in [6.45, 7) is 1.61. The molecule has 1 aliphatic carbocycles. The maximum atomic E-state index is 13.0. The highest BCUT2D eigenvalue weighted by molar-refractivity contribution is 5.93. The smallest absolute Gasteiger partial charge is 0.344 e. The molecule has 1 aliphatic rings. The van der Waals surface area contributed by atoms with E-state index in [1.807, 2.05) is 24.3 Å². The molecule has 0 radical (unpaired) electrons. The van der Waals surface area contributed by atoms with Gasteiger partial charge in [0.1, 0.15) is 0 Å². The maximum absolute atomic E-state index is 13.0. The number of fused-ring (bicyclic) bond motifs is 1. The molecule has 1 aromatic heterocycles. The SMILES string of the molecule is Cc1c(C(=O)NC2CCc3ccccc32)nnn1-c1cccc(C(F)(F)F)c1. The molecule has 8 heteroatoms. The Morgan fingerprint density at radius 1 is 1.18 bits per heavy atom. The van der Waals surface area contributed by atoms with Crippen LogP contribution in [0.15, 0.2) is 48.5 Å². The predicted molar refractivity (Wildman–Crippen MR) is 96.1 cm³/mol. The fraction of sp³-hybridized carbons (Fsp3) is 0.250. The second-order valence-electron chi connectivity index (χ2n) is 6.75. The third-order valence-corrected chi connectivity index (χ3v) is 4.97. The summed E-state index contributed by atoms with van der Waals surface area (Å²) in [6.07, 6.45) is -2.77. The van der Waals surface area contributed by atoms with Crippen LogP contribution in [0.3, 0.4) is 0 Å². The van der Waals surface area contributed by atoms with Crippen molar-refractivity contribution in [1.82, 2.24) is 20.3 Å². The summed E-state index contributed by atoms with van der Waals surface area (Å²) in [7, 11) is 0. The molecule has 28 heavy (non-hydrogen) atoms. The number of aryl methyl sites for hydroxylation is 1. The van der Waals surface area contributed by atoms with Crippen molar-refractivity contribution in [2.24, 2.45) is 0 Å². The van der Waals surface area contributed by atoms with Crippen LogP contribution < -0.4 is 5.32 Å². The second-order valence-corrected chi connectivity index (χ2v) is 6.75. The molecule has 2 aromatic carbocycles. The average Bonchev–Trinajstić information content (AvgIpc) is 3.25. The first-order valence-electron chi connectivity index (χ1n) is 8.83. The van der Waals surface area contributed by atoms with Crippen LogP contribution in [0.5, 0.6) is 0 Å². The number of hydrogen-bond donors (Lipinski definition) is 1. The third kappa shape index (κ3) is 3.26. The summed E-state index contributed by atoms with van der Waals surface area (Å²) < 4.78 is 40.1. The van der Waals surface area contributed by atoms with E-state index >= 15 is 0 Å².